The molecule has 0 atom stereocenters. The Morgan fingerprint density at radius 3 is 2.32 bits per heavy atom. The summed E-state index contributed by atoms with van der Waals surface area (Å²) in [5.74, 6) is 0.500. The first-order valence-corrected chi connectivity index (χ1v) is 11.7. The summed E-state index contributed by atoms with van der Waals surface area (Å²) in [5, 5.41) is 1.76. The molecule has 0 aromatic heterocycles. The molecule has 1 N–H and O–H groups in total. The number of hydrogen-bond acceptors (Lipinski definition) is 6. The van der Waals surface area contributed by atoms with E-state index >= 15 is 0 Å². The summed E-state index contributed by atoms with van der Waals surface area (Å²) in [4.78, 5) is 25.8. The van der Waals surface area contributed by atoms with E-state index in [1.165, 1.54) is 0 Å². The van der Waals surface area contributed by atoms with Gasteiger partial charge in [-0.05, 0) is 78.0 Å². The van der Waals surface area contributed by atoms with Gasteiger partial charge in [0, 0.05) is 10.6 Å². The number of thiocarbonyl (C=S) groups is 1. The van der Waals surface area contributed by atoms with Crippen LogP contribution in [0.4, 0.5) is 0 Å². The van der Waals surface area contributed by atoms with Gasteiger partial charge >= 0.3 is 0 Å². The standard InChI is InChI=1S/C25H19ClN2O4S2/c1-31-20-12-6-18(7-13-20)23(29)27-28-24(30)22(34-25(28)33)14-16-4-10-21(11-5-16)32-15-17-2-8-19(26)9-3-17/h2-14H,15H2,1H3,(H,27,29)/b22-14+. The third-order valence-corrected chi connectivity index (χ3v) is 6.41. The number of methoxy groups -OCH3 is 1. The molecule has 34 heavy (non-hydrogen) atoms. The van der Waals surface area contributed by atoms with Crippen molar-refractivity contribution >= 4 is 57.8 Å². The molecule has 0 radical (unpaired) electrons. The van der Waals surface area contributed by atoms with E-state index in [1.807, 2.05) is 48.5 Å². The van der Waals surface area contributed by atoms with Crippen molar-refractivity contribution in [2.75, 3.05) is 7.11 Å². The van der Waals surface area contributed by atoms with Crippen LogP contribution in [-0.4, -0.2) is 28.3 Å². The first kappa shape index (κ1) is 23.8. The Bertz CT molecular complexity index is 1240. The van der Waals surface area contributed by atoms with E-state index in [0.29, 0.717) is 33.6 Å². The van der Waals surface area contributed by atoms with Gasteiger partial charge in [-0.15, -0.1) is 0 Å². The van der Waals surface area contributed by atoms with Gasteiger partial charge in [-0.1, -0.05) is 47.6 Å². The third kappa shape index (κ3) is 5.77. The molecule has 0 saturated carbocycles. The first-order chi connectivity index (χ1) is 16.4. The van der Waals surface area contributed by atoms with Crippen molar-refractivity contribution in [1.82, 2.24) is 10.4 Å². The van der Waals surface area contributed by atoms with Crippen LogP contribution in [0.3, 0.4) is 0 Å². The monoisotopic (exact) mass is 510 g/mol. The maximum absolute atomic E-state index is 12.8. The van der Waals surface area contributed by atoms with Gasteiger partial charge < -0.3 is 9.47 Å². The maximum atomic E-state index is 12.8. The zero-order valence-corrected chi connectivity index (χ0v) is 20.4. The van der Waals surface area contributed by atoms with Gasteiger partial charge in [0.15, 0.2) is 4.32 Å². The number of carbonyl (C=O) groups excluding carboxylic acids is 2. The van der Waals surface area contributed by atoms with Crippen molar-refractivity contribution in [1.29, 1.82) is 0 Å². The largest absolute Gasteiger partial charge is 0.497 e. The molecule has 2 amide bonds. The van der Waals surface area contributed by atoms with E-state index in [1.54, 1.807) is 37.5 Å². The Balaban J connectivity index is 1.38. The van der Waals surface area contributed by atoms with Crippen molar-refractivity contribution in [3.63, 3.8) is 0 Å². The van der Waals surface area contributed by atoms with Gasteiger partial charge in [0.05, 0.1) is 12.0 Å². The molecule has 1 heterocycles. The molecule has 0 aliphatic carbocycles. The van der Waals surface area contributed by atoms with Crippen molar-refractivity contribution in [2.45, 2.75) is 6.61 Å². The lowest BCUT2D eigenvalue weighted by atomic mass is 10.2. The van der Waals surface area contributed by atoms with E-state index in [2.05, 4.69) is 5.43 Å². The van der Waals surface area contributed by atoms with Crippen LogP contribution in [-0.2, 0) is 11.4 Å². The molecule has 0 spiro atoms. The molecule has 3 aromatic carbocycles. The molecular weight excluding hydrogens is 492 g/mol. The Labute approximate surface area is 211 Å². The summed E-state index contributed by atoms with van der Waals surface area (Å²) in [6.45, 7) is 0.420. The van der Waals surface area contributed by atoms with Crippen LogP contribution in [0.15, 0.2) is 77.7 Å². The highest BCUT2D eigenvalue weighted by atomic mass is 35.5. The molecule has 1 aliphatic heterocycles. The number of amides is 2. The molecule has 9 heteroatoms. The van der Waals surface area contributed by atoms with Crippen LogP contribution in [0.25, 0.3) is 6.08 Å². The summed E-state index contributed by atoms with van der Waals surface area (Å²) in [6.07, 6.45) is 1.72. The van der Waals surface area contributed by atoms with Crippen LogP contribution in [0.2, 0.25) is 5.02 Å². The molecule has 3 aromatic rings. The fourth-order valence-electron chi connectivity index (χ4n) is 3.03. The lowest BCUT2D eigenvalue weighted by molar-refractivity contribution is -0.123. The normalized spacial score (nSPS) is 14.4. The highest BCUT2D eigenvalue weighted by molar-refractivity contribution is 8.26. The molecule has 6 nitrogen and oxygen atoms in total. The number of rotatable bonds is 7. The molecule has 172 valence electrons. The van der Waals surface area contributed by atoms with Gasteiger partial charge in [-0.2, -0.15) is 5.01 Å². The molecule has 1 saturated heterocycles. The molecule has 1 fully saturated rings. The number of hydrogen-bond donors (Lipinski definition) is 1. The maximum Gasteiger partial charge on any atom is 0.285 e. The number of nitrogens with one attached hydrogen (secondary N) is 1. The zero-order chi connectivity index (χ0) is 24.1. The summed E-state index contributed by atoms with van der Waals surface area (Å²) >= 11 is 12.3. The second-order valence-electron chi connectivity index (χ2n) is 7.17. The fourth-order valence-corrected chi connectivity index (χ4v) is 4.34. The minimum Gasteiger partial charge on any atom is -0.497 e. The minimum atomic E-state index is -0.442. The number of ether oxygens (including phenoxy) is 2. The van der Waals surface area contributed by atoms with Crippen LogP contribution in [0.1, 0.15) is 21.5 Å². The highest BCUT2D eigenvalue weighted by Crippen LogP contribution is 2.32. The number of thioether (sulfide) groups is 1. The van der Waals surface area contributed by atoms with Crippen molar-refractivity contribution in [3.8, 4) is 11.5 Å². The Morgan fingerprint density at radius 1 is 1.03 bits per heavy atom. The lowest BCUT2D eigenvalue weighted by Gasteiger charge is -2.15. The van der Waals surface area contributed by atoms with Crippen molar-refractivity contribution in [3.05, 3.63) is 99.4 Å². The van der Waals surface area contributed by atoms with Crippen LogP contribution in [0, 0.1) is 0 Å². The quantitative estimate of drug-likeness (QED) is 0.335. The Morgan fingerprint density at radius 2 is 1.68 bits per heavy atom. The van der Waals surface area contributed by atoms with Crippen molar-refractivity contribution in [2.24, 2.45) is 0 Å². The van der Waals surface area contributed by atoms with E-state index in [0.717, 1.165) is 27.9 Å². The number of carbonyl (C=O) groups is 2. The van der Waals surface area contributed by atoms with Crippen LogP contribution < -0.4 is 14.9 Å². The molecule has 4 rings (SSSR count). The molecule has 0 unspecified atom stereocenters. The fraction of sp³-hybridized carbons (Fsp3) is 0.0800. The Kier molecular flexibility index (Phi) is 7.52. The average molecular weight is 511 g/mol. The molecular formula is C25H19ClN2O4S2. The predicted octanol–water partition coefficient (Wildman–Crippen LogP) is 5.47. The summed E-state index contributed by atoms with van der Waals surface area (Å²) in [5.41, 5.74) is 4.76. The van der Waals surface area contributed by atoms with E-state index in [-0.39, 0.29) is 10.2 Å². The SMILES string of the molecule is COc1ccc(C(=O)NN2C(=O)/C(=C\c3ccc(OCc4ccc(Cl)cc4)cc3)SC2=S)cc1. The lowest BCUT2D eigenvalue weighted by Crippen LogP contribution is -2.44. The zero-order valence-electron chi connectivity index (χ0n) is 18.0. The second kappa shape index (κ2) is 10.7. The summed E-state index contributed by atoms with van der Waals surface area (Å²) in [7, 11) is 1.55. The minimum absolute atomic E-state index is 0.251. The van der Waals surface area contributed by atoms with Gasteiger partial charge in [0.1, 0.15) is 18.1 Å². The smallest absolute Gasteiger partial charge is 0.285 e. The summed E-state index contributed by atoms with van der Waals surface area (Å²) < 4.78 is 11.1. The van der Waals surface area contributed by atoms with Gasteiger partial charge in [0.25, 0.3) is 11.8 Å². The van der Waals surface area contributed by atoms with E-state index in [9.17, 15) is 9.59 Å². The number of nitrogens with zero attached hydrogens (tertiary/aromatic N) is 1. The van der Waals surface area contributed by atoms with Crippen LogP contribution in [0.5, 0.6) is 11.5 Å². The first-order valence-electron chi connectivity index (χ1n) is 10.1. The number of benzene rings is 3. The van der Waals surface area contributed by atoms with Crippen molar-refractivity contribution < 1.29 is 19.1 Å². The molecule has 1 aliphatic rings. The summed E-state index contributed by atoms with van der Waals surface area (Å²) in [6, 6.07) is 21.4. The average Bonchev–Trinajstić information content (AvgIpc) is 3.11. The van der Waals surface area contributed by atoms with E-state index < -0.39 is 5.91 Å². The second-order valence-corrected chi connectivity index (χ2v) is 9.28. The Hall–Kier alpha value is -3.33. The van der Waals surface area contributed by atoms with Gasteiger partial charge in [-0.3, -0.25) is 15.0 Å². The van der Waals surface area contributed by atoms with Gasteiger partial charge in [0.2, 0.25) is 0 Å². The van der Waals surface area contributed by atoms with Gasteiger partial charge in [-0.25, -0.2) is 0 Å². The van der Waals surface area contributed by atoms with Crippen LogP contribution >= 0.6 is 35.6 Å². The third-order valence-electron chi connectivity index (χ3n) is 4.86. The number of halogens is 1. The highest BCUT2D eigenvalue weighted by Gasteiger charge is 2.33. The van der Waals surface area contributed by atoms with E-state index in [4.69, 9.17) is 33.3 Å². The molecule has 0 bridgehead atoms. The number of hydrazine groups is 1. The predicted molar refractivity (Wildman–Crippen MR) is 138 cm³/mol. The topological polar surface area (TPSA) is 67.9 Å².